The third-order valence-electron chi connectivity index (χ3n) is 2.48. The van der Waals surface area contributed by atoms with Crippen molar-refractivity contribution in [3.05, 3.63) is 52.6 Å². The maximum absolute atomic E-state index is 12.8. The van der Waals surface area contributed by atoms with Crippen molar-refractivity contribution in [3.8, 4) is 0 Å². The first-order chi connectivity index (χ1) is 8.63. The van der Waals surface area contributed by atoms with E-state index < -0.39 is 0 Å². The molecule has 0 bridgehead atoms. The summed E-state index contributed by atoms with van der Waals surface area (Å²) < 4.78 is 13.5. The highest BCUT2D eigenvalue weighted by Gasteiger charge is 2.05. The summed E-state index contributed by atoms with van der Waals surface area (Å²) >= 11 is 3.29. The minimum absolute atomic E-state index is 0.206. The van der Waals surface area contributed by atoms with Crippen LogP contribution >= 0.6 is 15.9 Å². The van der Waals surface area contributed by atoms with Gasteiger partial charge < -0.3 is 5.32 Å². The molecule has 1 aromatic heterocycles. The van der Waals surface area contributed by atoms with Crippen LogP contribution < -0.4 is 5.32 Å². The van der Waals surface area contributed by atoms with Crippen molar-refractivity contribution in [1.29, 1.82) is 0 Å². The van der Waals surface area contributed by atoms with E-state index in [4.69, 9.17) is 0 Å². The van der Waals surface area contributed by atoms with Gasteiger partial charge in [0.1, 0.15) is 22.6 Å². The van der Waals surface area contributed by atoms with Gasteiger partial charge in [-0.05, 0) is 47.0 Å². The molecule has 3 nitrogen and oxygen atoms in total. The number of hydrogen-bond donors (Lipinski definition) is 1. The third-order valence-corrected chi connectivity index (χ3v) is 2.92. The maximum Gasteiger partial charge on any atom is 0.130 e. The van der Waals surface area contributed by atoms with Crippen LogP contribution in [0.15, 0.2) is 41.3 Å². The molecule has 0 amide bonds. The summed E-state index contributed by atoms with van der Waals surface area (Å²) in [7, 11) is 0. The lowest BCUT2D eigenvalue weighted by atomic mass is 10.1. The topological polar surface area (TPSA) is 37.8 Å². The molecule has 0 saturated heterocycles. The van der Waals surface area contributed by atoms with Gasteiger partial charge in [-0.15, -0.1) is 0 Å². The number of nitrogens with zero attached hydrogens (tertiary/aromatic N) is 2. The molecule has 5 heteroatoms. The van der Waals surface area contributed by atoms with Crippen LogP contribution in [0.5, 0.6) is 0 Å². The Bertz CT molecular complexity index is 516. The summed E-state index contributed by atoms with van der Waals surface area (Å²) in [6, 6.07) is 8.57. The van der Waals surface area contributed by atoms with Gasteiger partial charge in [-0.3, -0.25) is 0 Å². The fourth-order valence-electron chi connectivity index (χ4n) is 1.69. The molecule has 0 aliphatic heterocycles. The summed E-state index contributed by atoms with van der Waals surface area (Å²) in [4.78, 5) is 8.09. The van der Waals surface area contributed by atoms with Gasteiger partial charge in [0, 0.05) is 12.1 Å². The molecule has 1 N–H and O–H groups in total. The van der Waals surface area contributed by atoms with Gasteiger partial charge >= 0.3 is 0 Å². The van der Waals surface area contributed by atoms with Crippen molar-refractivity contribution >= 4 is 21.7 Å². The second kappa shape index (κ2) is 5.91. The number of anilines is 1. The van der Waals surface area contributed by atoms with Gasteiger partial charge in [0.2, 0.25) is 0 Å². The first-order valence-electron chi connectivity index (χ1n) is 5.62. The molecule has 0 aliphatic carbocycles. The predicted molar refractivity (Wildman–Crippen MR) is 72.9 cm³/mol. The van der Waals surface area contributed by atoms with Crippen LogP contribution in [0.1, 0.15) is 12.5 Å². The van der Waals surface area contributed by atoms with Gasteiger partial charge in [-0.1, -0.05) is 12.1 Å². The Labute approximate surface area is 114 Å². The van der Waals surface area contributed by atoms with E-state index in [0.717, 1.165) is 22.4 Å². The molecule has 18 heavy (non-hydrogen) atoms. The minimum atomic E-state index is -0.209. The van der Waals surface area contributed by atoms with Crippen molar-refractivity contribution < 1.29 is 4.39 Å². The standard InChI is InChI=1S/C13H13BrFN3/c1-9(6-10-2-4-11(15)5-3-10)18-13-7-12(14)16-8-17-13/h2-5,7-9H,6H2,1H3,(H,16,17,18). The summed E-state index contributed by atoms with van der Waals surface area (Å²) in [5.74, 6) is 0.561. The Kier molecular flexibility index (Phi) is 4.25. The molecule has 94 valence electrons. The fourth-order valence-corrected chi connectivity index (χ4v) is 2.00. The van der Waals surface area contributed by atoms with Crippen molar-refractivity contribution in [2.75, 3.05) is 5.32 Å². The summed E-state index contributed by atoms with van der Waals surface area (Å²) in [6.07, 6.45) is 2.30. The highest BCUT2D eigenvalue weighted by molar-refractivity contribution is 9.10. The van der Waals surface area contributed by atoms with Gasteiger partial charge in [0.05, 0.1) is 0 Å². The molecular formula is C13H13BrFN3. The third kappa shape index (κ3) is 3.77. The number of hydrogen-bond acceptors (Lipinski definition) is 3. The molecule has 0 spiro atoms. The number of nitrogens with one attached hydrogen (secondary N) is 1. The molecule has 1 aromatic carbocycles. The van der Waals surface area contributed by atoms with E-state index in [1.165, 1.54) is 18.5 Å². The minimum Gasteiger partial charge on any atom is -0.367 e. The number of benzene rings is 1. The Morgan fingerprint density at radius 3 is 2.67 bits per heavy atom. The summed E-state index contributed by atoms with van der Waals surface area (Å²) in [6.45, 7) is 2.05. The van der Waals surface area contributed by atoms with Gasteiger partial charge in [0.25, 0.3) is 0 Å². The zero-order valence-corrected chi connectivity index (χ0v) is 11.5. The van der Waals surface area contributed by atoms with E-state index >= 15 is 0 Å². The molecule has 0 fully saturated rings. The number of aromatic nitrogens is 2. The average molecular weight is 310 g/mol. The Balaban J connectivity index is 1.96. The quantitative estimate of drug-likeness (QED) is 0.879. The first-order valence-corrected chi connectivity index (χ1v) is 6.41. The van der Waals surface area contributed by atoms with Gasteiger partial charge in [-0.2, -0.15) is 0 Å². The monoisotopic (exact) mass is 309 g/mol. The number of rotatable bonds is 4. The normalized spacial score (nSPS) is 12.2. The first kappa shape index (κ1) is 13.0. The van der Waals surface area contributed by atoms with E-state index in [0.29, 0.717) is 0 Å². The lowest BCUT2D eigenvalue weighted by Gasteiger charge is -2.14. The molecule has 0 saturated carbocycles. The largest absolute Gasteiger partial charge is 0.367 e. The van der Waals surface area contributed by atoms with E-state index in [9.17, 15) is 4.39 Å². The molecule has 0 aliphatic rings. The summed E-state index contributed by atoms with van der Waals surface area (Å²) in [5.41, 5.74) is 1.09. The zero-order valence-electron chi connectivity index (χ0n) is 9.90. The van der Waals surface area contributed by atoms with Crippen LogP contribution in [0, 0.1) is 5.82 Å². The lowest BCUT2D eigenvalue weighted by molar-refractivity contribution is 0.626. The lowest BCUT2D eigenvalue weighted by Crippen LogP contribution is -2.18. The Hall–Kier alpha value is -1.49. The smallest absolute Gasteiger partial charge is 0.130 e. The van der Waals surface area contributed by atoms with Crippen molar-refractivity contribution in [2.45, 2.75) is 19.4 Å². The summed E-state index contributed by atoms with van der Waals surface area (Å²) in [5, 5.41) is 3.27. The molecule has 1 atom stereocenters. The van der Waals surface area contributed by atoms with Crippen LogP contribution in [0.25, 0.3) is 0 Å². The second-order valence-electron chi connectivity index (χ2n) is 4.10. The van der Waals surface area contributed by atoms with Crippen LogP contribution in [0.2, 0.25) is 0 Å². The van der Waals surface area contributed by atoms with Crippen molar-refractivity contribution in [2.24, 2.45) is 0 Å². The highest BCUT2D eigenvalue weighted by Crippen LogP contribution is 2.12. The average Bonchev–Trinajstić information content (AvgIpc) is 2.32. The molecular weight excluding hydrogens is 297 g/mol. The highest BCUT2D eigenvalue weighted by atomic mass is 79.9. The van der Waals surface area contributed by atoms with E-state index in [1.807, 2.05) is 6.07 Å². The molecule has 0 radical (unpaired) electrons. The van der Waals surface area contributed by atoms with E-state index in [2.05, 4.69) is 38.1 Å². The molecule has 1 heterocycles. The molecule has 1 unspecified atom stereocenters. The van der Waals surface area contributed by atoms with Crippen LogP contribution in [0.4, 0.5) is 10.2 Å². The van der Waals surface area contributed by atoms with Gasteiger partial charge in [0.15, 0.2) is 0 Å². The number of halogens is 2. The van der Waals surface area contributed by atoms with Crippen LogP contribution in [0.3, 0.4) is 0 Å². The Morgan fingerprint density at radius 2 is 2.00 bits per heavy atom. The van der Waals surface area contributed by atoms with Crippen molar-refractivity contribution in [3.63, 3.8) is 0 Å². The predicted octanol–water partition coefficient (Wildman–Crippen LogP) is 3.42. The van der Waals surface area contributed by atoms with Crippen molar-refractivity contribution in [1.82, 2.24) is 9.97 Å². The fraction of sp³-hybridized carbons (Fsp3) is 0.231. The SMILES string of the molecule is CC(Cc1ccc(F)cc1)Nc1cc(Br)ncn1. The van der Waals surface area contributed by atoms with E-state index in [1.54, 1.807) is 12.1 Å². The van der Waals surface area contributed by atoms with E-state index in [-0.39, 0.29) is 11.9 Å². The maximum atomic E-state index is 12.8. The van der Waals surface area contributed by atoms with Gasteiger partial charge in [-0.25, -0.2) is 14.4 Å². The zero-order chi connectivity index (χ0) is 13.0. The second-order valence-corrected chi connectivity index (χ2v) is 4.91. The van der Waals surface area contributed by atoms with Crippen LogP contribution in [-0.4, -0.2) is 16.0 Å². The molecule has 2 aromatic rings. The molecule has 2 rings (SSSR count). The Morgan fingerprint density at radius 1 is 1.28 bits per heavy atom. The van der Waals surface area contributed by atoms with Crippen LogP contribution in [-0.2, 0) is 6.42 Å².